The molecular weight excluding hydrogens is 336 g/mol. The van der Waals surface area contributed by atoms with Crippen LogP contribution in [-0.4, -0.2) is 0 Å². The van der Waals surface area contributed by atoms with Crippen LogP contribution in [0.2, 0.25) is 5.02 Å². The summed E-state index contributed by atoms with van der Waals surface area (Å²) in [7, 11) is 0. The molecule has 1 aliphatic carbocycles. The Balaban J connectivity index is 1.79. The van der Waals surface area contributed by atoms with E-state index < -0.39 is 0 Å². The lowest BCUT2D eigenvalue weighted by Crippen LogP contribution is -2.22. The molecular formula is C25H27Cl. The van der Waals surface area contributed by atoms with Crippen LogP contribution in [0.3, 0.4) is 0 Å². The maximum Gasteiger partial charge on any atom is 0.0406 e. The molecule has 134 valence electrons. The van der Waals surface area contributed by atoms with Crippen molar-refractivity contribution >= 4 is 22.4 Å². The lowest BCUT2D eigenvalue weighted by molar-refractivity contribution is 0.369. The normalized spacial score (nSPS) is 19.5. The first-order valence-corrected chi connectivity index (χ1v) is 10.4. The molecule has 4 rings (SSSR count). The van der Waals surface area contributed by atoms with Crippen molar-refractivity contribution in [3.8, 4) is 0 Å². The first-order chi connectivity index (χ1) is 12.8. The molecule has 0 N–H and O–H groups in total. The molecule has 0 unspecified atom stereocenters. The van der Waals surface area contributed by atoms with Gasteiger partial charge in [-0.15, -0.1) is 0 Å². The van der Waals surface area contributed by atoms with Crippen LogP contribution in [-0.2, 0) is 6.42 Å². The summed E-state index contributed by atoms with van der Waals surface area (Å²) in [6.45, 7) is 2.29. The molecule has 0 spiro atoms. The molecule has 0 heterocycles. The monoisotopic (exact) mass is 362 g/mol. The van der Waals surface area contributed by atoms with Gasteiger partial charge in [-0.3, -0.25) is 0 Å². The Morgan fingerprint density at radius 1 is 0.923 bits per heavy atom. The van der Waals surface area contributed by atoms with E-state index in [2.05, 4.69) is 67.6 Å². The van der Waals surface area contributed by atoms with Crippen LogP contribution in [0.4, 0.5) is 0 Å². The summed E-state index contributed by atoms with van der Waals surface area (Å²) in [5.74, 6) is 1.23. The van der Waals surface area contributed by atoms with Crippen molar-refractivity contribution in [1.29, 1.82) is 0 Å². The van der Waals surface area contributed by atoms with E-state index in [0.717, 1.165) is 10.9 Å². The number of rotatable bonds is 5. The number of halogens is 1. The first kappa shape index (κ1) is 17.6. The standard InChI is InChI=1S/C25H27Cl/c1-2-3-4-8-19-13-16-23-22-9-6-5-7-18(22)12-17-24(23)25(19)20-10-14-21(26)15-11-20/h5-7,9-12,14-15,17,19,25H,2-4,8,13,16H2,1H3/t19-,25-/m1/s1. The molecule has 0 bridgehead atoms. The highest BCUT2D eigenvalue weighted by atomic mass is 35.5. The molecule has 0 aliphatic heterocycles. The van der Waals surface area contributed by atoms with Gasteiger partial charge in [0.05, 0.1) is 0 Å². The van der Waals surface area contributed by atoms with Gasteiger partial charge >= 0.3 is 0 Å². The zero-order valence-electron chi connectivity index (χ0n) is 15.5. The third-order valence-corrected chi connectivity index (χ3v) is 6.31. The minimum Gasteiger partial charge on any atom is -0.0843 e. The Bertz CT molecular complexity index is 878. The van der Waals surface area contributed by atoms with E-state index in [1.165, 1.54) is 54.9 Å². The highest BCUT2D eigenvalue weighted by molar-refractivity contribution is 6.30. The number of benzene rings is 3. The fourth-order valence-electron chi connectivity index (χ4n) is 4.76. The van der Waals surface area contributed by atoms with Gasteiger partial charge in [-0.25, -0.2) is 0 Å². The Kier molecular flexibility index (Phi) is 5.31. The summed E-state index contributed by atoms with van der Waals surface area (Å²) in [5.41, 5.74) is 4.53. The topological polar surface area (TPSA) is 0 Å². The molecule has 0 fully saturated rings. The van der Waals surface area contributed by atoms with Gasteiger partial charge in [-0.05, 0) is 64.8 Å². The molecule has 0 radical (unpaired) electrons. The third kappa shape index (κ3) is 3.40. The molecule has 0 aromatic heterocycles. The van der Waals surface area contributed by atoms with E-state index in [1.807, 2.05) is 0 Å². The predicted octanol–water partition coefficient (Wildman–Crippen LogP) is 7.77. The average molecular weight is 363 g/mol. The average Bonchev–Trinajstić information content (AvgIpc) is 2.68. The minimum atomic E-state index is 0.498. The number of hydrogen-bond donors (Lipinski definition) is 0. The van der Waals surface area contributed by atoms with Gasteiger partial charge in [0.1, 0.15) is 0 Å². The largest absolute Gasteiger partial charge is 0.0843 e. The van der Waals surface area contributed by atoms with Crippen molar-refractivity contribution < 1.29 is 0 Å². The van der Waals surface area contributed by atoms with Gasteiger partial charge in [0.2, 0.25) is 0 Å². The summed E-state index contributed by atoms with van der Waals surface area (Å²) in [6.07, 6.45) is 7.80. The second-order valence-corrected chi connectivity index (χ2v) is 8.11. The number of fused-ring (bicyclic) bond motifs is 3. The molecule has 26 heavy (non-hydrogen) atoms. The van der Waals surface area contributed by atoms with Crippen molar-refractivity contribution in [3.63, 3.8) is 0 Å². The smallest absolute Gasteiger partial charge is 0.0406 e. The molecule has 2 atom stereocenters. The second kappa shape index (κ2) is 7.84. The van der Waals surface area contributed by atoms with Crippen LogP contribution in [0.1, 0.15) is 61.6 Å². The maximum absolute atomic E-state index is 6.17. The highest BCUT2D eigenvalue weighted by Crippen LogP contribution is 2.45. The van der Waals surface area contributed by atoms with Crippen LogP contribution in [0.15, 0.2) is 60.7 Å². The fraction of sp³-hybridized carbons (Fsp3) is 0.360. The minimum absolute atomic E-state index is 0.498. The van der Waals surface area contributed by atoms with Crippen LogP contribution in [0, 0.1) is 5.92 Å². The lowest BCUT2D eigenvalue weighted by Gasteiger charge is -2.35. The van der Waals surface area contributed by atoms with Gasteiger partial charge in [0.25, 0.3) is 0 Å². The summed E-state index contributed by atoms with van der Waals surface area (Å²) >= 11 is 6.17. The van der Waals surface area contributed by atoms with Crippen LogP contribution >= 0.6 is 11.6 Å². The van der Waals surface area contributed by atoms with E-state index in [9.17, 15) is 0 Å². The summed E-state index contributed by atoms with van der Waals surface area (Å²) in [6, 6.07) is 22.1. The van der Waals surface area contributed by atoms with Crippen LogP contribution < -0.4 is 0 Å². The molecule has 0 saturated carbocycles. The van der Waals surface area contributed by atoms with Crippen molar-refractivity contribution in [2.45, 2.75) is 51.4 Å². The fourth-order valence-corrected chi connectivity index (χ4v) is 4.89. The predicted molar refractivity (Wildman–Crippen MR) is 113 cm³/mol. The van der Waals surface area contributed by atoms with Crippen molar-refractivity contribution in [2.24, 2.45) is 5.92 Å². The second-order valence-electron chi connectivity index (χ2n) is 7.68. The van der Waals surface area contributed by atoms with Gasteiger partial charge in [-0.1, -0.05) is 86.3 Å². The zero-order chi connectivity index (χ0) is 17.9. The third-order valence-electron chi connectivity index (χ3n) is 6.06. The molecule has 0 amide bonds. The SMILES string of the molecule is CCCCC[C@@H]1CCc2c(ccc3ccccc23)[C@H]1c1ccc(Cl)cc1. The van der Waals surface area contributed by atoms with Gasteiger partial charge in [-0.2, -0.15) is 0 Å². The first-order valence-electron chi connectivity index (χ1n) is 10.0. The Hall–Kier alpha value is -1.79. The van der Waals surface area contributed by atoms with Crippen molar-refractivity contribution in [3.05, 3.63) is 82.4 Å². The zero-order valence-corrected chi connectivity index (χ0v) is 16.3. The van der Waals surface area contributed by atoms with Crippen LogP contribution in [0.5, 0.6) is 0 Å². The Labute approximate surface area is 162 Å². The Morgan fingerprint density at radius 2 is 1.73 bits per heavy atom. The summed E-state index contributed by atoms with van der Waals surface area (Å²) in [4.78, 5) is 0. The molecule has 1 heteroatoms. The van der Waals surface area contributed by atoms with Gasteiger partial charge in [0.15, 0.2) is 0 Å². The number of aryl methyl sites for hydroxylation is 1. The van der Waals surface area contributed by atoms with E-state index >= 15 is 0 Å². The summed E-state index contributed by atoms with van der Waals surface area (Å²) in [5, 5.41) is 3.63. The Morgan fingerprint density at radius 3 is 2.54 bits per heavy atom. The maximum atomic E-state index is 6.17. The van der Waals surface area contributed by atoms with E-state index in [0.29, 0.717) is 5.92 Å². The molecule has 0 nitrogen and oxygen atoms in total. The molecule has 3 aromatic carbocycles. The lowest BCUT2D eigenvalue weighted by atomic mass is 9.69. The molecule has 1 aliphatic rings. The molecule has 0 saturated heterocycles. The van der Waals surface area contributed by atoms with Crippen LogP contribution in [0.25, 0.3) is 10.8 Å². The number of hydrogen-bond acceptors (Lipinski definition) is 0. The van der Waals surface area contributed by atoms with E-state index in [1.54, 1.807) is 11.1 Å². The van der Waals surface area contributed by atoms with E-state index in [-0.39, 0.29) is 0 Å². The van der Waals surface area contributed by atoms with Gasteiger partial charge in [0, 0.05) is 10.9 Å². The number of unbranched alkanes of at least 4 members (excludes halogenated alkanes) is 2. The van der Waals surface area contributed by atoms with Crippen molar-refractivity contribution in [1.82, 2.24) is 0 Å². The quantitative estimate of drug-likeness (QED) is 0.406. The highest BCUT2D eigenvalue weighted by Gasteiger charge is 2.31. The van der Waals surface area contributed by atoms with Crippen molar-refractivity contribution in [2.75, 3.05) is 0 Å². The summed E-state index contributed by atoms with van der Waals surface area (Å²) < 4.78 is 0. The van der Waals surface area contributed by atoms with Gasteiger partial charge < -0.3 is 0 Å². The molecule has 3 aromatic rings. The van der Waals surface area contributed by atoms with E-state index in [4.69, 9.17) is 11.6 Å².